The zero-order chi connectivity index (χ0) is 10.7. The summed E-state index contributed by atoms with van der Waals surface area (Å²) in [6.45, 7) is 7.53. The molecule has 0 N–H and O–H groups in total. The van der Waals surface area contributed by atoms with Gasteiger partial charge in [-0.05, 0) is 19.3 Å². The van der Waals surface area contributed by atoms with E-state index in [1.807, 2.05) is 25.5 Å². The molecule has 3 heteroatoms. The van der Waals surface area contributed by atoms with Crippen LogP contribution in [0, 0.1) is 43.5 Å². The van der Waals surface area contributed by atoms with Gasteiger partial charge in [0.15, 0.2) is 0 Å². The van der Waals surface area contributed by atoms with Crippen LogP contribution in [-0.2, 0) is 4.79 Å². The van der Waals surface area contributed by atoms with E-state index in [0.717, 1.165) is 11.1 Å². The average molecular weight is 448 g/mol. The van der Waals surface area contributed by atoms with E-state index in [2.05, 4.69) is 6.58 Å². The van der Waals surface area contributed by atoms with Crippen LogP contribution >= 0.6 is 11.6 Å². The molecule has 1 atom stereocenters. The molecule has 0 amide bonds. The summed E-state index contributed by atoms with van der Waals surface area (Å²) in [5.74, 6) is 0.427. The van der Waals surface area contributed by atoms with E-state index in [4.69, 9.17) is 11.6 Å². The molecule has 0 aromatic carbocycles. The van der Waals surface area contributed by atoms with Gasteiger partial charge in [0.1, 0.15) is 5.78 Å². The van der Waals surface area contributed by atoms with Crippen LogP contribution in [0.5, 0.6) is 0 Å². The van der Waals surface area contributed by atoms with Crippen LogP contribution < -0.4 is 0 Å². The third kappa shape index (κ3) is 4.64. The molecule has 0 saturated heterocycles. The van der Waals surface area contributed by atoms with E-state index in [9.17, 15) is 4.79 Å². The van der Waals surface area contributed by atoms with Crippen molar-refractivity contribution < 1.29 is 35.9 Å². The standard InChI is InChI=1S/C12H14ClO.U/c1-8-6-11(5-4-10(3)14)12(13)7-9(8)2;/h5-7,9H,1,4H2,2-3H3;/q-1;. The van der Waals surface area contributed by atoms with Crippen molar-refractivity contribution in [3.63, 3.8) is 0 Å². The number of carbonyl (C=O) groups is 1. The molecule has 0 aromatic heterocycles. The van der Waals surface area contributed by atoms with Gasteiger partial charge in [-0.25, -0.2) is 0 Å². The van der Waals surface area contributed by atoms with Crippen LogP contribution in [0.3, 0.4) is 0 Å². The molecule has 1 aliphatic rings. The first kappa shape index (κ1) is 15.1. The van der Waals surface area contributed by atoms with Crippen molar-refractivity contribution in [1.82, 2.24) is 0 Å². The Morgan fingerprint density at radius 3 is 2.80 bits per heavy atom. The normalized spacial score (nSPS) is 19.9. The Morgan fingerprint density at radius 1 is 1.67 bits per heavy atom. The van der Waals surface area contributed by atoms with Gasteiger partial charge in [-0.3, -0.25) is 0 Å². The fourth-order valence-corrected chi connectivity index (χ4v) is 1.55. The van der Waals surface area contributed by atoms with Crippen LogP contribution in [0.4, 0.5) is 0 Å². The van der Waals surface area contributed by atoms with Crippen molar-refractivity contribution in [2.75, 3.05) is 0 Å². The Kier molecular flexibility index (Phi) is 6.68. The minimum Gasteiger partial charge on any atom is -0.301 e. The van der Waals surface area contributed by atoms with Crippen molar-refractivity contribution in [3.8, 4) is 0 Å². The van der Waals surface area contributed by atoms with Crippen molar-refractivity contribution in [2.45, 2.75) is 20.3 Å². The zero-order valence-corrected chi connectivity index (χ0v) is 13.9. The Morgan fingerprint density at radius 2 is 2.27 bits per heavy atom. The molecule has 1 rings (SSSR count). The van der Waals surface area contributed by atoms with Crippen molar-refractivity contribution in [2.24, 2.45) is 5.92 Å². The van der Waals surface area contributed by atoms with Crippen LogP contribution in [0.1, 0.15) is 20.3 Å². The minimum atomic E-state index is 0. The molecule has 0 aromatic rings. The van der Waals surface area contributed by atoms with Gasteiger partial charge in [0.25, 0.3) is 0 Å². The van der Waals surface area contributed by atoms with E-state index < -0.39 is 0 Å². The number of allylic oxidation sites excluding steroid dienone is 5. The quantitative estimate of drug-likeness (QED) is 0.606. The summed E-state index contributed by atoms with van der Waals surface area (Å²) in [7, 11) is 0. The average Bonchev–Trinajstić information content (AvgIpc) is 2.09. The predicted molar refractivity (Wildman–Crippen MR) is 59.9 cm³/mol. The topological polar surface area (TPSA) is 17.1 Å². The van der Waals surface area contributed by atoms with Gasteiger partial charge in [0, 0.05) is 31.1 Å². The molecule has 0 radical (unpaired) electrons. The second kappa shape index (κ2) is 6.63. The molecule has 80 valence electrons. The SMILES string of the molecule is C=C1C=C([CH-]CC(C)=O)C(Cl)=CC1C.[U]. The smallest absolute Gasteiger partial charge is 0.122 e. The van der Waals surface area contributed by atoms with Crippen molar-refractivity contribution in [1.29, 1.82) is 0 Å². The van der Waals surface area contributed by atoms with Crippen molar-refractivity contribution >= 4 is 17.4 Å². The molecule has 0 heterocycles. The van der Waals surface area contributed by atoms with E-state index in [1.54, 1.807) is 6.92 Å². The number of halogens is 1. The molecule has 0 spiro atoms. The number of ketones is 1. The molecule has 1 aliphatic carbocycles. The summed E-state index contributed by atoms with van der Waals surface area (Å²) in [6, 6.07) is 0. The first-order valence-electron chi connectivity index (χ1n) is 4.61. The zero-order valence-electron chi connectivity index (χ0n) is 9.01. The first-order chi connectivity index (χ1) is 6.50. The van der Waals surface area contributed by atoms with Crippen LogP contribution in [0.25, 0.3) is 0 Å². The summed E-state index contributed by atoms with van der Waals surface area (Å²) in [6.07, 6.45) is 6.17. The van der Waals surface area contributed by atoms with E-state index in [1.165, 1.54) is 0 Å². The van der Waals surface area contributed by atoms with E-state index in [0.29, 0.717) is 11.5 Å². The Bertz CT molecular complexity index is 329. The van der Waals surface area contributed by atoms with Gasteiger partial charge < -0.3 is 4.79 Å². The molecule has 0 aliphatic heterocycles. The van der Waals surface area contributed by atoms with E-state index in [-0.39, 0.29) is 42.8 Å². The molecule has 0 bridgehead atoms. The fourth-order valence-electron chi connectivity index (χ4n) is 1.23. The van der Waals surface area contributed by atoms with Crippen LogP contribution in [-0.4, -0.2) is 5.78 Å². The molecule has 0 saturated carbocycles. The number of hydrogen-bond donors (Lipinski definition) is 0. The molecular weight excluding hydrogens is 434 g/mol. The maximum atomic E-state index is 10.8. The van der Waals surface area contributed by atoms with Crippen LogP contribution in [0.2, 0.25) is 0 Å². The maximum absolute atomic E-state index is 10.8. The third-order valence-corrected chi connectivity index (χ3v) is 2.55. The Hall–Kier alpha value is 0.102. The van der Waals surface area contributed by atoms with Crippen LogP contribution in [0.15, 0.2) is 34.9 Å². The summed E-state index contributed by atoms with van der Waals surface area (Å²) in [5, 5.41) is 0.714. The number of Topliss-reactive ketones (excluding diaryl/α,β-unsaturated/α-hetero) is 1. The number of hydrogen-bond acceptors (Lipinski definition) is 1. The summed E-state index contributed by atoms with van der Waals surface area (Å²) in [4.78, 5) is 10.8. The second-order valence-corrected chi connectivity index (χ2v) is 4.00. The van der Waals surface area contributed by atoms with Gasteiger partial charge in [-0.1, -0.05) is 12.0 Å². The van der Waals surface area contributed by atoms with Crippen molar-refractivity contribution in [3.05, 3.63) is 41.3 Å². The van der Waals surface area contributed by atoms with Gasteiger partial charge in [-0.15, -0.1) is 18.2 Å². The minimum absolute atomic E-state index is 0. The van der Waals surface area contributed by atoms with Gasteiger partial charge in [-0.2, -0.15) is 29.7 Å². The molecule has 15 heavy (non-hydrogen) atoms. The Labute approximate surface area is 120 Å². The van der Waals surface area contributed by atoms with Gasteiger partial charge >= 0.3 is 0 Å². The van der Waals surface area contributed by atoms with Gasteiger partial charge in [0.05, 0.1) is 0 Å². The summed E-state index contributed by atoms with van der Waals surface area (Å²) in [5.41, 5.74) is 1.94. The summed E-state index contributed by atoms with van der Waals surface area (Å²) >= 11 is 6.04. The maximum Gasteiger partial charge on any atom is 0.122 e. The third-order valence-electron chi connectivity index (χ3n) is 2.21. The predicted octanol–water partition coefficient (Wildman–Crippen LogP) is 3.42. The molecular formula is C12H14ClOU-. The number of carbonyl (C=O) groups excluding carboxylic acids is 1. The Balaban J connectivity index is 0.00000196. The largest absolute Gasteiger partial charge is 0.301 e. The van der Waals surface area contributed by atoms with Gasteiger partial charge in [0.2, 0.25) is 0 Å². The molecule has 1 nitrogen and oxygen atoms in total. The number of rotatable bonds is 3. The molecule has 0 fully saturated rings. The molecule has 1 unspecified atom stereocenters. The second-order valence-electron chi connectivity index (χ2n) is 3.59. The fraction of sp³-hybridized carbons (Fsp3) is 0.333. The summed E-state index contributed by atoms with van der Waals surface area (Å²) < 4.78 is 0. The first-order valence-corrected chi connectivity index (χ1v) is 4.99. The van der Waals surface area contributed by atoms with E-state index >= 15 is 0 Å². The monoisotopic (exact) mass is 447 g/mol.